The van der Waals surface area contributed by atoms with Crippen LogP contribution < -0.4 is 10.6 Å². The van der Waals surface area contributed by atoms with Crippen molar-refractivity contribution in [3.05, 3.63) is 52.8 Å². The highest BCUT2D eigenvalue weighted by Crippen LogP contribution is 2.34. The fraction of sp³-hybridized carbons (Fsp3) is 0.500. The molecule has 3 amide bonds. The van der Waals surface area contributed by atoms with Crippen molar-refractivity contribution in [2.45, 2.75) is 63.1 Å². The molecular weight excluding hydrogens is 587 g/mol. The third-order valence-electron chi connectivity index (χ3n) is 8.40. The van der Waals surface area contributed by atoms with Gasteiger partial charge in [0, 0.05) is 73.7 Å². The smallest absolute Gasteiger partial charge is 0.258 e. The van der Waals surface area contributed by atoms with Gasteiger partial charge in [0.2, 0.25) is 12.3 Å². The maximum Gasteiger partial charge on any atom is 0.258 e. The average molecular weight is 627 g/mol. The van der Waals surface area contributed by atoms with E-state index in [4.69, 9.17) is 15.5 Å². The number of thiophene rings is 1. The lowest BCUT2D eigenvalue weighted by Crippen LogP contribution is -2.45. The van der Waals surface area contributed by atoms with Crippen LogP contribution in [0, 0.1) is 0 Å². The number of carbonyl (C=O) groups is 3. The monoisotopic (exact) mass is 626 g/mol. The summed E-state index contributed by atoms with van der Waals surface area (Å²) in [5.74, 6) is 1.46. The summed E-state index contributed by atoms with van der Waals surface area (Å²) in [6.07, 6.45) is 12.8. The van der Waals surface area contributed by atoms with Crippen LogP contribution in [0.5, 0.6) is 0 Å². The van der Waals surface area contributed by atoms with Crippen molar-refractivity contribution in [1.29, 1.82) is 0 Å². The quantitative estimate of drug-likeness (QED) is 0.277. The minimum atomic E-state index is -1.93. The highest BCUT2D eigenvalue weighted by molar-refractivity contribution is 7.44. The number of rotatable bonds is 6. The first-order valence-electron chi connectivity index (χ1n) is 14.8. The molecule has 4 aliphatic rings. The highest BCUT2D eigenvalue weighted by atomic mass is 32.1. The lowest BCUT2D eigenvalue weighted by atomic mass is 9.92. The number of carbonyl (C=O) groups excluding carboxylic acids is 3. The van der Waals surface area contributed by atoms with Crippen molar-refractivity contribution in [2.75, 3.05) is 37.6 Å². The topological polar surface area (TPSA) is 153 Å². The minimum Gasteiger partial charge on any atom is -0.365 e. The molecule has 230 valence electrons. The van der Waals surface area contributed by atoms with Crippen LogP contribution in [-0.4, -0.2) is 86.5 Å². The molecule has 4 saturated heterocycles. The number of hydrogen-bond acceptors (Lipinski definition) is 9. The third-order valence-corrected chi connectivity index (χ3v) is 10.2. The Hall–Kier alpha value is -3.18. The van der Waals surface area contributed by atoms with Gasteiger partial charge in [0.15, 0.2) is 8.38 Å². The number of nitrogens with two attached hydrogens (primary N) is 1. The number of benzene rings is 1. The summed E-state index contributed by atoms with van der Waals surface area (Å²) in [7, 11) is -1.93. The number of anilines is 1. The van der Waals surface area contributed by atoms with E-state index >= 15 is 0 Å². The highest BCUT2D eigenvalue weighted by Gasteiger charge is 2.32. The minimum absolute atomic E-state index is 0.243. The fourth-order valence-electron chi connectivity index (χ4n) is 5.95. The van der Waals surface area contributed by atoms with Crippen LogP contribution in [0.3, 0.4) is 0 Å². The average Bonchev–Trinajstić information content (AvgIpc) is 3.54. The van der Waals surface area contributed by atoms with Gasteiger partial charge in [0.25, 0.3) is 5.91 Å². The Labute approximate surface area is 256 Å². The van der Waals surface area contributed by atoms with E-state index in [-0.39, 0.29) is 6.16 Å². The van der Waals surface area contributed by atoms with Gasteiger partial charge in [-0.2, -0.15) is 0 Å². The second kappa shape index (κ2) is 14.5. The molecule has 4 aliphatic heterocycles. The largest absolute Gasteiger partial charge is 0.365 e. The number of nitrogens with zero attached hydrogens (tertiary/aromatic N) is 5. The van der Waals surface area contributed by atoms with Crippen molar-refractivity contribution in [3.63, 3.8) is 0 Å². The number of likely N-dealkylation sites (tertiary alicyclic amines) is 1. The zero-order valence-electron chi connectivity index (χ0n) is 24.2. The molecule has 1 atom stereocenters. The number of hydrogen-bond donors (Lipinski definition) is 3. The molecule has 0 bridgehead atoms. The van der Waals surface area contributed by atoms with E-state index in [0.717, 1.165) is 73.4 Å². The molecular formula is C30H39N6O5PS. The van der Waals surface area contributed by atoms with E-state index in [1.54, 1.807) is 17.3 Å². The Kier molecular flexibility index (Phi) is 10.6. The molecule has 6 heterocycles. The van der Waals surface area contributed by atoms with Gasteiger partial charge < -0.3 is 30.2 Å². The summed E-state index contributed by atoms with van der Waals surface area (Å²) in [5, 5.41) is 0.910. The van der Waals surface area contributed by atoms with Crippen molar-refractivity contribution in [1.82, 2.24) is 19.8 Å². The van der Waals surface area contributed by atoms with Crippen LogP contribution in [0.1, 0.15) is 71.7 Å². The Bertz CT molecular complexity index is 1430. The third kappa shape index (κ3) is 7.86. The SMILES string of the molecule is NC(=O)c1cc2cc(CP(O)O)ccc2s1.O=C1CCCCC2CCCN12.O=CN1CC(c2cncnc2N2CCC2)C1. The first-order valence-corrected chi connectivity index (χ1v) is 17.1. The van der Waals surface area contributed by atoms with Crippen molar-refractivity contribution in [3.8, 4) is 0 Å². The maximum absolute atomic E-state index is 11.4. The van der Waals surface area contributed by atoms with Gasteiger partial charge in [-0.25, -0.2) is 9.97 Å². The summed E-state index contributed by atoms with van der Waals surface area (Å²) in [6.45, 7) is 4.82. The predicted octanol–water partition coefficient (Wildman–Crippen LogP) is 3.59. The fourth-order valence-corrected chi connectivity index (χ4v) is 7.37. The molecule has 4 fully saturated rings. The van der Waals surface area contributed by atoms with Gasteiger partial charge in [-0.1, -0.05) is 12.5 Å². The first kappa shape index (κ1) is 31.3. The normalized spacial score (nSPS) is 19.8. The van der Waals surface area contributed by atoms with Gasteiger partial charge >= 0.3 is 0 Å². The Morgan fingerprint density at radius 2 is 1.88 bits per heavy atom. The summed E-state index contributed by atoms with van der Waals surface area (Å²) in [6, 6.07) is 7.87. The van der Waals surface area contributed by atoms with Gasteiger partial charge in [0.05, 0.1) is 4.88 Å². The van der Waals surface area contributed by atoms with Crippen LogP contribution in [0.15, 0.2) is 36.8 Å². The molecule has 13 heteroatoms. The first-order chi connectivity index (χ1) is 20.8. The maximum atomic E-state index is 11.4. The predicted molar refractivity (Wildman–Crippen MR) is 168 cm³/mol. The molecule has 0 saturated carbocycles. The van der Waals surface area contributed by atoms with E-state index in [9.17, 15) is 14.4 Å². The van der Waals surface area contributed by atoms with E-state index in [1.807, 2.05) is 24.4 Å². The summed E-state index contributed by atoms with van der Waals surface area (Å²) in [5.41, 5.74) is 7.23. The Balaban J connectivity index is 0.000000131. The van der Waals surface area contributed by atoms with E-state index in [2.05, 4.69) is 19.8 Å². The second-order valence-electron chi connectivity index (χ2n) is 11.4. The van der Waals surface area contributed by atoms with E-state index in [1.165, 1.54) is 49.0 Å². The van der Waals surface area contributed by atoms with Gasteiger partial charge in [-0.3, -0.25) is 14.4 Å². The molecule has 1 aromatic carbocycles. The number of fused-ring (bicyclic) bond motifs is 2. The molecule has 7 rings (SSSR count). The Morgan fingerprint density at radius 3 is 2.58 bits per heavy atom. The molecule has 0 radical (unpaired) electrons. The van der Waals surface area contributed by atoms with Crippen molar-refractivity contribution in [2.24, 2.45) is 5.73 Å². The Morgan fingerprint density at radius 1 is 1.09 bits per heavy atom. The molecule has 0 spiro atoms. The molecule has 43 heavy (non-hydrogen) atoms. The summed E-state index contributed by atoms with van der Waals surface area (Å²) >= 11 is 1.34. The molecule has 1 unspecified atom stereocenters. The summed E-state index contributed by atoms with van der Waals surface area (Å²) < 4.78 is 0.970. The lowest BCUT2D eigenvalue weighted by Gasteiger charge is -2.40. The van der Waals surface area contributed by atoms with Crippen molar-refractivity contribution < 1.29 is 24.2 Å². The molecule has 0 aliphatic carbocycles. The van der Waals surface area contributed by atoms with Crippen molar-refractivity contribution >= 4 is 53.8 Å². The number of amides is 3. The van der Waals surface area contributed by atoms with Crippen LogP contribution in [0.2, 0.25) is 0 Å². The van der Waals surface area contributed by atoms with Gasteiger partial charge in [-0.15, -0.1) is 11.3 Å². The molecule has 11 nitrogen and oxygen atoms in total. The number of primary amides is 1. The van der Waals surface area contributed by atoms with Crippen LogP contribution in [-0.2, 0) is 15.8 Å². The van der Waals surface area contributed by atoms with Gasteiger partial charge in [-0.05, 0) is 61.3 Å². The summed E-state index contributed by atoms with van der Waals surface area (Å²) in [4.78, 5) is 65.9. The van der Waals surface area contributed by atoms with E-state index < -0.39 is 14.3 Å². The van der Waals surface area contributed by atoms with Crippen LogP contribution in [0.4, 0.5) is 5.82 Å². The zero-order valence-corrected chi connectivity index (χ0v) is 25.9. The van der Waals surface area contributed by atoms with Crippen LogP contribution >= 0.6 is 19.7 Å². The van der Waals surface area contributed by atoms with Crippen LogP contribution in [0.25, 0.3) is 10.1 Å². The number of aromatic nitrogens is 2. The van der Waals surface area contributed by atoms with Gasteiger partial charge in [0.1, 0.15) is 12.1 Å². The second-order valence-corrected chi connectivity index (χ2v) is 13.5. The zero-order chi connectivity index (χ0) is 30.3. The molecule has 4 N–H and O–H groups in total. The standard InChI is InChI=1S/C11H14N4O.C10H10NO3PS.C9H15NO/c16-8-14-5-9(6-14)10-4-12-7-13-11(10)15-2-1-3-15;11-10(12)9-4-7-3-6(5-15(13)14)1-2-8(7)16-9;11-9-6-2-1-4-8-5-3-7-10(8)9/h4,7-9H,1-3,5-6H2;1-4,13-14H,5H2,(H2,11,12);8H,1-7H2. The van der Waals surface area contributed by atoms with E-state index in [0.29, 0.717) is 22.7 Å². The molecule has 2 aromatic heterocycles. The molecule has 3 aromatic rings. The lowest BCUT2D eigenvalue weighted by molar-refractivity contribution is -0.131.